The van der Waals surface area contributed by atoms with Gasteiger partial charge < -0.3 is 14.2 Å². The van der Waals surface area contributed by atoms with E-state index in [1.165, 1.54) is 25.7 Å². The number of aromatic nitrogens is 2. The number of benzene rings is 1. The molecule has 0 fully saturated rings. The van der Waals surface area contributed by atoms with Crippen LogP contribution in [0, 0.1) is 0 Å². The highest BCUT2D eigenvalue weighted by atomic mass is 32.3. The molecule has 48 heavy (non-hydrogen) atoms. The van der Waals surface area contributed by atoms with Crippen LogP contribution in [0.5, 0.6) is 0 Å². The Morgan fingerprint density at radius 1 is 0.938 bits per heavy atom. The van der Waals surface area contributed by atoms with Gasteiger partial charge in [-0.25, -0.2) is 30.8 Å². The van der Waals surface area contributed by atoms with E-state index in [4.69, 9.17) is 4.74 Å². The van der Waals surface area contributed by atoms with Gasteiger partial charge in [-0.05, 0) is 76.5 Å². The average Bonchev–Trinajstić information content (AvgIpc) is 3.41. The number of hydrogen-bond acceptors (Lipinski definition) is 6. The van der Waals surface area contributed by atoms with E-state index in [-0.39, 0.29) is 6.09 Å². The van der Waals surface area contributed by atoms with Crippen LogP contribution in [-0.2, 0) is 43.4 Å². The maximum absolute atomic E-state index is 12.3. The van der Waals surface area contributed by atoms with Crippen LogP contribution < -0.4 is 9.88 Å². The number of aryl methyl sites for hydroxylation is 2. The zero-order valence-electron chi connectivity index (χ0n) is 27.4. The fourth-order valence-electron chi connectivity index (χ4n) is 4.09. The van der Waals surface area contributed by atoms with Crippen LogP contribution in [0.2, 0.25) is 0 Å². The van der Waals surface area contributed by atoms with Crippen LogP contribution in [0.1, 0.15) is 90.2 Å². The first-order valence-electron chi connectivity index (χ1n) is 15.2. The van der Waals surface area contributed by atoms with Crippen LogP contribution in [0.25, 0.3) is 9.70 Å². The lowest BCUT2D eigenvalue weighted by atomic mass is 9.92. The molecule has 0 bridgehead atoms. The van der Waals surface area contributed by atoms with Gasteiger partial charge in [-0.2, -0.15) is 26.3 Å². The molecule has 1 N–H and O–H groups in total. The van der Waals surface area contributed by atoms with Gasteiger partial charge in [0, 0.05) is 0 Å². The van der Waals surface area contributed by atoms with E-state index in [2.05, 4.69) is 52.7 Å². The van der Waals surface area contributed by atoms with Gasteiger partial charge in [0.25, 0.3) is 0 Å². The summed E-state index contributed by atoms with van der Waals surface area (Å²) in [6.45, 7) is 14.8. The van der Waals surface area contributed by atoms with E-state index < -0.39 is 36.6 Å². The van der Waals surface area contributed by atoms with Gasteiger partial charge in [-0.15, -0.1) is 0 Å². The van der Waals surface area contributed by atoms with Gasteiger partial charge in [0.2, 0.25) is 6.33 Å². The third-order valence-corrected chi connectivity index (χ3v) is 9.57. The number of nitrogens with one attached hydrogen (secondary N) is 1. The number of alkyl carbamates (subject to hydrolysis) is 1. The van der Waals surface area contributed by atoms with Crippen molar-refractivity contribution in [1.82, 2.24) is 9.88 Å². The van der Waals surface area contributed by atoms with Crippen molar-refractivity contribution in [3.8, 4) is 0 Å². The number of unbranched alkanes of at least 4 members (excludes halogenated alkanes) is 6. The van der Waals surface area contributed by atoms with Crippen LogP contribution in [0.3, 0.4) is 0 Å². The van der Waals surface area contributed by atoms with Gasteiger partial charge >= 0.3 is 17.1 Å². The number of halogens is 6. The molecule has 0 aliphatic rings. The van der Waals surface area contributed by atoms with Crippen LogP contribution in [0.15, 0.2) is 49.6 Å². The van der Waals surface area contributed by atoms with Crippen molar-refractivity contribution < 1.29 is 57.3 Å². The second kappa shape index (κ2) is 18.6. The Hall–Kier alpha value is -3.12. The number of carbonyl (C=O) groups excluding carboxylic acids is 1. The van der Waals surface area contributed by atoms with Crippen LogP contribution in [-0.4, -0.2) is 45.1 Å². The first-order chi connectivity index (χ1) is 22.0. The Morgan fingerprint density at radius 2 is 1.52 bits per heavy atom. The highest BCUT2D eigenvalue weighted by Crippen LogP contribution is 2.36. The number of amides is 1. The summed E-state index contributed by atoms with van der Waals surface area (Å²) < 4.78 is 119. The number of carbonyl (C=O) groups is 1. The molecular weight excluding hydrogens is 690 g/mol. The Morgan fingerprint density at radius 3 is 2.08 bits per heavy atom. The predicted molar refractivity (Wildman–Crippen MR) is 169 cm³/mol. The van der Waals surface area contributed by atoms with Crippen molar-refractivity contribution >= 4 is 31.7 Å². The fourth-order valence-corrected chi connectivity index (χ4v) is 5.80. The Kier molecular flexibility index (Phi) is 16.6. The van der Waals surface area contributed by atoms with E-state index in [1.807, 2.05) is 39.0 Å². The molecule has 1 aromatic heterocycles. The summed E-state index contributed by atoms with van der Waals surface area (Å²) >= 11 is 0. The summed E-state index contributed by atoms with van der Waals surface area (Å²) in [6, 6.07) is 8.12. The number of allylic oxidation sites excluding steroid dienone is 1. The molecule has 0 radical (unpaired) electrons. The van der Waals surface area contributed by atoms with Gasteiger partial charge in [-0.3, -0.25) is 0 Å². The maximum Gasteiger partial charge on any atom is 0.480 e. The molecule has 0 saturated heterocycles. The molecular formula is C30H44F6N4O6S2. The molecule has 0 atom stereocenters. The van der Waals surface area contributed by atoms with Gasteiger partial charge in [0.05, 0.1) is 25.2 Å². The summed E-state index contributed by atoms with van der Waals surface area (Å²) in [4.78, 5) is 12.3. The second-order valence-corrected chi connectivity index (χ2v) is 14.9. The van der Waals surface area contributed by atoms with Crippen molar-refractivity contribution in [2.24, 2.45) is 0 Å². The number of nitrogens with zero attached hydrogens (tertiary/aromatic N) is 3. The first-order valence-corrected chi connectivity index (χ1v) is 18.0. The molecule has 0 aliphatic heterocycles. The normalized spacial score (nSPS) is 12.6. The Labute approximate surface area is 278 Å². The molecule has 2 aromatic rings. The molecule has 0 unspecified atom stereocenters. The van der Waals surface area contributed by atoms with E-state index in [9.17, 15) is 48.0 Å². The lowest BCUT2D eigenvalue weighted by molar-refractivity contribution is -0.696. The lowest BCUT2D eigenvalue weighted by Gasteiger charge is -2.27. The van der Waals surface area contributed by atoms with Crippen LogP contribution in [0.4, 0.5) is 31.1 Å². The summed E-state index contributed by atoms with van der Waals surface area (Å²) in [5.41, 5.74) is -9.79. The van der Waals surface area contributed by atoms with E-state index in [0.29, 0.717) is 6.61 Å². The molecule has 0 spiro atoms. The maximum atomic E-state index is 12.3. The molecule has 1 amide bonds. The number of imidazole rings is 1. The standard InChI is InChI=1S/C28H43N3O2.C2F6NO4S2/c1-6-7-8-11-17-30-19-20-31(23-30)18-12-9-10-13-21-33-27(32)29-28(4,5)26-16-14-15-25(22-26)24(2)3;3-1(4,5)14(10,11)9-15(12,13)2(6,7)8/h14-16,19-20,22-23H,2,6-13,17-18,21H2,1,3-5H3;/q;-1/p+1. The molecule has 10 nitrogen and oxygen atoms in total. The lowest BCUT2D eigenvalue weighted by Crippen LogP contribution is -2.41. The monoisotopic (exact) mass is 734 g/mol. The Bertz CT molecular complexity index is 1500. The minimum absolute atomic E-state index is 0.364. The van der Waals surface area contributed by atoms with E-state index in [1.54, 1.807) is 0 Å². The molecule has 1 heterocycles. The SMILES string of the molecule is C=C(C)c1cccc(C(C)(C)NC(=O)OCCCCCC[n+]2ccn(CCCCCC)c2)c1.O=S(=O)([N-]S(=O)(=O)C(F)(F)F)C(F)(F)F. The number of sulfonamides is 2. The highest BCUT2D eigenvalue weighted by Gasteiger charge is 2.47. The number of hydrogen-bond donors (Lipinski definition) is 1. The van der Waals surface area contributed by atoms with E-state index >= 15 is 0 Å². The average molecular weight is 735 g/mol. The topological polar surface area (TPSA) is 130 Å². The third kappa shape index (κ3) is 15.0. The third-order valence-electron chi connectivity index (χ3n) is 6.83. The zero-order chi connectivity index (χ0) is 36.8. The van der Waals surface area contributed by atoms with E-state index in [0.717, 1.165) is 59.6 Å². The summed E-state index contributed by atoms with van der Waals surface area (Å²) in [6.07, 6.45) is 15.6. The highest BCUT2D eigenvalue weighted by molar-refractivity contribution is 8.13. The zero-order valence-corrected chi connectivity index (χ0v) is 29.0. The second-order valence-electron chi connectivity index (χ2n) is 11.5. The van der Waals surface area contributed by atoms with Gasteiger partial charge in [-0.1, -0.05) is 50.1 Å². The van der Waals surface area contributed by atoms with Gasteiger partial charge in [0.1, 0.15) is 12.4 Å². The smallest absolute Gasteiger partial charge is 0.450 e. The fraction of sp³-hybridized carbons (Fsp3) is 0.600. The number of rotatable bonds is 17. The van der Waals surface area contributed by atoms with Crippen molar-refractivity contribution in [1.29, 1.82) is 0 Å². The molecule has 274 valence electrons. The summed E-state index contributed by atoms with van der Waals surface area (Å²) in [5, 5.41) is 2.99. The van der Waals surface area contributed by atoms with Crippen molar-refractivity contribution in [3.05, 3.63) is 64.8 Å². The largest absolute Gasteiger partial charge is 0.480 e. The molecule has 0 aliphatic carbocycles. The minimum Gasteiger partial charge on any atom is -0.450 e. The van der Waals surface area contributed by atoms with Crippen molar-refractivity contribution in [3.63, 3.8) is 0 Å². The van der Waals surface area contributed by atoms with Crippen molar-refractivity contribution in [2.75, 3.05) is 6.61 Å². The summed E-state index contributed by atoms with van der Waals surface area (Å²) in [5.74, 6) is 0. The molecule has 18 heteroatoms. The quantitative estimate of drug-likeness (QED) is 0.101. The first kappa shape index (κ1) is 42.9. The Balaban J connectivity index is 0.000000646. The summed E-state index contributed by atoms with van der Waals surface area (Å²) in [7, 11) is -13.4. The van der Waals surface area contributed by atoms with Gasteiger partial charge in [0.15, 0.2) is 20.0 Å². The predicted octanol–water partition coefficient (Wildman–Crippen LogP) is 7.67. The number of alkyl halides is 6. The number of ether oxygens (including phenoxy) is 1. The van der Waals surface area contributed by atoms with Crippen LogP contribution >= 0.6 is 0 Å². The molecule has 1 aromatic carbocycles. The molecule has 0 saturated carbocycles. The minimum atomic E-state index is -6.72. The molecule has 2 rings (SSSR count). The van der Waals surface area contributed by atoms with Crippen molar-refractivity contribution in [2.45, 2.75) is 109 Å².